The van der Waals surface area contributed by atoms with Gasteiger partial charge >= 0.3 is 12.2 Å². The van der Waals surface area contributed by atoms with Crippen molar-refractivity contribution in [1.29, 1.82) is 0 Å². The molecule has 2 amide bonds. The molecule has 3 aromatic carbocycles. The summed E-state index contributed by atoms with van der Waals surface area (Å²) in [5, 5.41) is 5.67. The van der Waals surface area contributed by atoms with Crippen molar-refractivity contribution in [3.63, 3.8) is 0 Å². The number of halogens is 1. The second kappa shape index (κ2) is 11.7. The number of carbonyl (C=O) groups excluding carboxylic acids is 2. The molecule has 0 bridgehead atoms. The SMILES string of the molecule is CN1c2cc(NC(=O)OC(C)(C)C)ccc2-c2ccc(NC(=O)OC(C)(C)C)cc2C1c1ccc(OCC[18F])cc1. The average Bonchev–Trinajstić information content (AvgIpc) is 2.86. The number of carbonyl (C=O) groups is 2. The van der Waals surface area contributed by atoms with Crippen LogP contribution >= 0.6 is 0 Å². The normalized spacial score (nSPS) is 14.4. The largest absolute Gasteiger partial charge is 0.491 e. The molecule has 1 atom stereocenters. The highest BCUT2D eigenvalue weighted by molar-refractivity contribution is 5.93. The van der Waals surface area contributed by atoms with Gasteiger partial charge in [-0.1, -0.05) is 24.3 Å². The van der Waals surface area contributed by atoms with Crippen LogP contribution in [0.25, 0.3) is 11.1 Å². The molecule has 0 spiro atoms. The minimum Gasteiger partial charge on any atom is -0.491 e. The van der Waals surface area contributed by atoms with Crippen molar-refractivity contribution < 1.29 is 28.2 Å². The van der Waals surface area contributed by atoms with Crippen LogP contribution in [0.1, 0.15) is 58.7 Å². The molecule has 0 aliphatic carbocycles. The van der Waals surface area contributed by atoms with Crippen molar-refractivity contribution in [1.82, 2.24) is 0 Å². The Labute approximate surface area is 240 Å². The fourth-order valence-corrected chi connectivity index (χ4v) is 4.74. The molecular weight excluding hydrogens is 524 g/mol. The summed E-state index contributed by atoms with van der Waals surface area (Å²) < 4.78 is 28.9. The topological polar surface area (TPSA) is 89.1 Å². The number of benzene rings is 3. The fourth-order valence-electron chi connectivity index (χ4n) is 4.74. The van der Waals surface area contributed by atoms with E-state index < -0.39 is 30.1 Å². The fraction of sp³-hybridized carbons (Fsp3) is 0.375. The van der Waals surface area contributed by atoms with Gasteiger partial charge in [0.2, 0.25) is 0 Å². The highest BCUT2D eigenvalue weighted by Crippen LogP contribution is 2.48. The number of nitrogens with one attached hydrogen (secondary N) is 2. The zero-order valence-electron chi connectivity index (χ0n) is 24.6. The molecule has 1 aliphatic heterocycles. The van der Waals surface area contributed by atoms with Gasteiger partial charge in [-0.15, -0.1) is 0 Å². The zero-order valence-corrected chi connectivity index (χ0v) is 24.6. The number of fused-ring (bicyclic) bond motifs is 3. The van der Waals surface area contributed by atoms with E-state index in [-0.39, 0.29) is 12.6 Å². The van der Waals surface area contributed by atoms with Gasteiger partial charge in [0, 0.05) is 29.7 Å². The number of hydrogen-bond donors (Lipinski definition) is 2. The zero-order chi connectivity index (χ0) is 29.9. The maximum atomic E-state index is 12.6. The Morgan fingerprint density at radius 2 is 1.34 bits per heavy atom. The quantitative estimate of drug-likeness (QED) is 0.317. The molecular formula is C32H38FN3O5. The van der Waals surface area contributed by atoms with Gasteiger partial charge in [-0.2, -0.15) is 0 Å². The summed E-state index contributed by atoms with van der Waals surface area (Å²) in [6, 6.07) is 18.8. The van der Waals surface area contributed by atoms with Gasteiger partial charge in [0.05, 0.1) is 6.04 Å². The van der Waals surface area contributed by atoms with E-state index in [4.69, 9.17) is 14.2 Å². The Bertz CT molecular complexity index is 1410. The third kappa shape index (κ3) is 7.48. The van der Waals surface area contributed by atoms with Crippen molar-refractivity contribution in [3.8, 4) is 16.9 Å². The summed E-state index contributed by atoms with van der Waals surface area (Å²) in [6.45, 7) is 10.3. The standard InChI is InChI=1S/C32H38FN3O5/c1-31(2,3)40-29(37)34-21-10-14-24-25-15-11-22(35-30(38)41-32(4,5)6)19-27(25)36(7)28(26(24)18-21)20-8-12-23(13-9-20)39-17-16-33/h8-15,18-19,28H,16-17H2,1-7H3,(H,34,37)(H,35,38)/i33-1. The van der Waals surface area contributed by atoms with Gasteiger partial charge in [-0.05, 0) is 94.6 Å². The van der Waals surface area contributed by atoms with Crippen LogP contribution in [0.2, 0.25) is 0 Å². The van der Waals surface area contributed by atoms with Crippen molar-refractivity contribution in [2.45, 2.75) is 58.8 Å². The summed E-state index contributed by atoms with van der Waals surface area (Å²) in [5.74, 6) is 0.578. The van der Waals surface area contributed by atoms with Crippen LogP contribution in [0.5, 0.6) is 5.75 Å². The molecule has 1 aliphatic rings. The lowest BCUT2D eigenvalue weighted by Crippen LogP contribution is -2.30. The summed E-state index contributed by atoms with van der Waals surface area (Å²) in [5.41, 5.74) is 4.75. The van der Waals surface area contributed by atoms with Gasteiger partial charge in [0.1, 0.15) is 30.2 Å². The predicted molar refractivity (Wildman–Crippen MR) is 160 cm³/mol. The van der Waals surface area contributed by atoms with E-state index >= 15 is 0 Å². The van der Waals surface area contributed by atoms with E-state index in [0.717, 1.165) is 27.9 Å². The molecule has 8 nitrogen and oxygen atoms in total. The second-order valence-electron chi connectivity index (χ2n) is 11.9. The van der Waals surface area contributed by atoms with Crippen LogP contribution < -0.4 is 20.3 Å². The third-order valence-corrected chi connectivity index (χ3v) is 6.23. The van der Waals surface area contributed by atoms with E-state index in [1.807, 2.05) is 109 Å². The van der Waals surface area contributed by atoms with Crippen LogP contribution in [0.4, 0.5) is 31.0 Å². The Morgan fingerprint density at radius 3 is 1.88 bits per heavy atom. The highest BCUT2D eigenvalue weighted by Gasteiger charge is 2.31. The van der Waals surface area contributed by atoms with Crippen LogP contribution in [0, 0.1) is 0 Å². The maximum absolute atomic E-state index is 12.6. The van der Waals surface area contributed by atoms with Gasteiger partial charge in [-0.25, -0.2) is 14.0 Å². The van der Waals surface area contributed by atoms with Crippen LogP contribution in [0.15, 0.2) is 60.7 Å². The molecule has 0 saturated carbocycles. The average molecular weight is 563 g/mol. The van der Waals surface area contributed by atoms with Crippen molar-refractivity contribution in [2.75, 3.05) is 35.9 Å². The van der Waals surface area contributed by atoms with Gasteiger partial charge in [0.25, 0.3) is 0 Å². The third-order valence-electron chi connectivity index (χ3n) is 6.23. The van der Waals surface area contributed by atoms with E-state index in [9.17, 15) is 14.0 Å². The second-order valence-corrected chi connectivity index (χ2v) is 11.9. The Hall–Kier alpha value is -4.27. The van der Waals surface area contributed by atoms with Gasteiger partial charge < -0.3 is 19.1 Å². The summed E-state index contributed by atoms with van der Waals surface area (Å²) in [4.78, 5) is 27.1. The number of alkyl halides is 1. The lowest BCUT2D eigenvalue weighted by molar-refractivity contribution is 0.0624. The van der Waals surface area contributed by atoms with Crippen molar-refractivity contribution >= 4 is 29.2 Å². The molecule has 0 saturated heterocycles. The lowest BCUT2D eigenvalue weighted by Gasteiger charge is -2.38. The van der Waals surface area contributed by atoms with E-state index in [2.05, 4.69) is 15.5 Å². The summed E-state index contributed by atoms with van der Waals surface area (Å²) in [7, 11) is 1.98. The van der Waals surface area contributed by atoms with Crippen molar-refractivity contribution in [2.24, 2.45) is 0 Å². The maximum Gasteiger partial charge on any atom is 0.412 e. The minimum atomic E-state index is -0.628. The predicted octanol–water partition coefficient (Wildman–Crippen LogP) is 7.94. The van der Waals surface area contributed by atoms with Crippen LogP contribution in [-0.4, -0.2) is 43.7 Å². The number of anilines is 3. The number of amides is 2. The first-order valence-electron chi connectivity index (χ1n) is 13.5. The van der Waals surface area contributed by atoms with Crippen molar-refractivity contribution in [3.05, 3.63) is 71.8 Å². The number of rotatable bonds is 6. The highest BCUT2D eigenvalue weighted by atomic mass is 18.2. The molecule has 218 valence electrons. The van der Waals surface area contributed by atoms with Crippen LogP contribution in [-0.2, 0) is 9.47 Å². The smallest absolute Gasteiger partial charge is 0.412 e. The molecule has 0 fully saturated rings. The Balaban J connectivity index is 1.74. The van der Waals surface area contributed by atoms with Gasteiger partial charge in [-0.3, -0.25) is 10.6 Å². The lowest BCUT2D eigenvalue weighted by atomic mass is 9.84. The number of ether oxygens (including phenoxy) is 3. The van der Waals surface area contributed by atoms with Crippen LogP contribution in [0.3, 0.4) is 0 Å². The molecule has 41 heavy (non-hydrogen) atoms. The minimum absolute atomic E-state index is 0.00793. The van der Waals surface area contributed by atoms with E-state index in [1.165, 1.54) is 0 Å². The molecule has 1 heterocycles. The first-order valence-corrected chi connectivity index (χ1v) is 13.5. The number of nitrogens with zero attached hydrogens (tertiary/aromatic N) is 1. The molecule has 3 aromatic rings. The molecule has 0 aromatic heterocycles. The monoisotopic (exact) mass is 562 g/mol. The molecule has 1 unspecified atom stereocenters. The molecule has 9 heteroatoms. The molecule has 4 rings (SSSR count). The first-order chi connectivity index (χ1) is 19.2. The van der Waals surface area contributed by atoms with E-state index in [1.54, 1.807) is 0 Å². The van der Waals surface area contributed by atoms with E-state index in [0.29, 0.717) is 17.1 Å². The Morgan fingerprint density at radius 1 is 0.805 bits per heavy atom. The number of hydrogen-bond acceptors (Lipinski definition) is 6. The Kier molecular flexibility index (Phi) is 8.47. The first kappa shape index (κ1) is 29.7. The summed E-state index contributed by atoms with van der Waals surface area (Å²) in [6.07, 6.45) is -1.07. The summed E-state index contributed by atoms with van der Waals surface area (Å²) >= 11 is 0. The van der Waals surface area contributed by atoms with Gasteiger partial charge in [0.15, 0.2) is 0 Å². The molecule has 2 N–H and O–H groups in total. The molecule has 0 radical (unpaired) electrons.